The highest BCUT2D eigenvalue weighted by atomic mass is 19.3. The van der Waals surface area contributed by atoms with Gasteiger partial charge in [-0.15, -0.1) is 0 Å². The predicted molar refractivity (Wildman–Crippen MR) is 108 cm³/mol. The molecule has 0 unspecified atom stereocenters. The van der Waals surface area contributed by atoms with Gasteiger partial charge in [0.25, 0.3) is 0 Å². The van der Waals surface area contributed by atoms with Gasteiger partial charge in [-0.25, -0.2) is 0 Å². The number of carbonyl (C=O) groups excluding carboxylic acids is 1. The average Bonchev–Trinajstić information content (AvgIpc) is 2.78. The van der Waals surface area contributed by atoms with E-state index in [1.165, 1.54) is 32.4 Å². The smallest absolute Gasteiger partial charge is 0.349 e. The number of benzene rings is 3. The molecule has 0 spiro atoms. The Hall–Kier alpha value is -3.61. The van der Waals surface area contributed by atoms with Crippen LogP contribution >= 0.6 is 0 Å². The number of hydrogen-bond acceptors (Lipinski definition) is 4. The summed E-state index contributed by atoms with van der Waals surface area (Å²) in [5, 5.41) is 0. The van der Waals surface area contributed by atoms with Crippen LogP contribution in [0.25, 0.3) is 0 Å². The zero-order chi connectivity index (χ0) is 21.3. The van der Waals surface area contributed by atoms with Gasteiger partial charge in [0.15, 0.2) is 17.2 Å². The number of nitrogens with zero attached hydrogens (tertiary/aromatic N) is 1. The van der Waals surface area contributed by atoms with E-state index in [1.807, 2.05) is 6.07 Å². The van der Waals surface area contributed by atoms with Gasteiger partial charge in [0, 0.05) is 0 Å². The topological polar surface area (TPSA) is 48.0 Å². The summed E-state index contributed by atoms with van der Waals surface area (Å²) in [5.74, 6) is -3.29. The Kier molecular flexibility index (Phi) is 5.03. The van der Waals surface area contributed by atoms with Gasteiger partial charge >= 0.3 is 11.8 Å². The summed E-state index contributed by atoms with van der Waals surface area (Å²) < 4.78 is 45.7. The summed E-state index contributed by atoms with van der Waals surface area (Å²) in [7, 11) is 2.88. The maximum atomic E-state index is 14.7. The minimum atomic E-state index is -3.56. The molecule has 154 valence electrons. The Morgan fingerprint density at radius 1 is 0.833 bits per heavy atom. The molecule has 1 aliphatic heterocycles. The van der Waals surface area contributed by atoms with Gasteiger partial charge in [0.1, 0.15) is 11.8 Å². The first-order chi connectivity index (χ1) is 14.5. The Morgan fingerprint density at radius 2 is 1.50 bits per heavy atom. The van der Waals surface area contributed by atoms with Crippen molar-refractivity contribution in [2.24, 2.45) is 0 Å². The third-order valence-corrected chi connectivity index (χ3v) is 4.92. The first-order valence-corrected chi connectivity index (χ1v) is 9.22. The number of rotatable bonds is 6. The van der Waals surface area contributed by atoms with Crippen LogP contribution < -0.4 is 19.1 Å². The first kappa shape index (κ1) is 19.7. The lowest BCUT2D eigenvalue weighted by Gasteiger charge is -2.46. The monoisotopic (exact) mass is 411 g/mol. The van der Waals surface area contributed by atoms with Crippen LogP contribution in [0.15, 0.2) is 72.8 Å². The van der Waals surface area contributed by atoms with Crippen LogP contribution in [0.3, 0.4) is 0 Å². The van der Waals surface area contributed by atoms with Crippen molar-refractivity contribution in [1.82, 2.24) is 0 Å². The number of hydrogen-bond donors (Lipinski definition) is 0. The van der Waals surface area contributed by atoms with E-state index in [1.54, 1.807) is 48.5 Å². The summed E-state index contributed by atoms with van der Waals surface area (Å²) >= 11 is 0. The number of halogens is 2. The van der Waals surface area contributed by atoms with Crippen molar-refractivity contribution in [3.8, 4) is 23.0 Å². The maximum Gasteiger partial charge on any atom is 0.349 e. The third-order valence-electron chi connectivity index (χ3n) is 4.92. The number of β-lactam (4-membered cyclic amide) rings is 1. The molecule has 1 amide bonds. The number of carbonyl (C=O) groups is 1. The zero-order valence-corrected chi connectivity index (χ0v) is 16.3. The zero-order valence-electron chi connectivity index (χ0n) is 16.3. The van der Waals surface area contributed by atoms with Crippen molar-refractivity contribution in [3.63, 3.8) is 0 Å². The molecule has 0 aromatic heterocycles. The van der Waals surface area contributed by atoms with Gasteiger partial charge in [-0.1, -0.05) is 36.4 Å². The standard InChI is InChI=1S/C23H19F2NO4/c1-28-19-13-12-15(14-20(19)29-2)21-23(24,25)22(27)26(21)17-10-6-7-11-18(17)30-16-8-4-3-5-9-16/h3-14,21H,1-2H3/t21-/m1/s1. The minimum absolute atomic E-state index is 0.228. The van der Waals surface area contributed by atoms with Crippen molar-refractivity contribution < 1.29 is 27.8 Å². The fourth-order valence-corrected chi connectivity index (χ4v) is 3.48. The van der Waals surface area contributed by atoms with Crippen LogP contribution in [-0.4, -0.2) is 26.0 Å². The molecule has 0 aliphatic carbocycles. The van der Waals surface area contributed by atoms with Crippen LogP contribution in [0, 0.1) is 0 Å². The molecule has 1 saturated heterocycles. The number of amides is 1. The van der Waals surface area contributed by atoms with Gasteiger partial charge in [-0.3, -0.25) is 9.69 Å². The highest BCUT2D eigenvalue weighted by Gasteiger charge is 2.65. The molecule has 1 heterocycles. The summed E-state index contributed by atoms with van der Waals surface area (Å²) in [6.45, 7) is 0. The Balaban J connectivity index is 1.75. The Labute approximate surface area is 172 Å². The van der Waals surface area contributed by atoms with Crippen LogP contribution in [0.2, 0.25) is 0 Å². The Bertz CT molecular complexity index is 1070. The van der Waals surface area contributed by atoms with Crippen LogP contribution in [0.5, 0.6) is 23.0 Å². The molecule has 5 nitrogen and oxygen atoms in total. The molecule has 0 N–H and O–H groups in total. The van der Waals surface area contributed by atoms with Gasteiger partial charge in [-0.2, -0.15) is 8.78 Å². The van der Waals surface area contributed by atoms with E-state index < -0.39 is 17.9 Å². The number of ether oxygens (including phenoxy) is 3. The lowest BCUT2D eigenvalue weighted by molar-refractivity contribution is -0.162. The molecular weight excluding hydrogens is 392 g/mol. The highest BCUT2D eigenvalue weighted by Crippen LogP contribution is 2.52. The number of anilines is 1. The van der Waals surface area contributed by atoms with Crippen LogP contribution in [0.1, 0.15) is 11.6 Å². The predicted octanol–water partition coefficient (Wildman–Crippen LogP) is 5.22. The molecular formula is C23H19F2NO4. The van der Waals surface area contributed by atoms with Crippen molar-refractivity contribution >= 4 is 11.6 Å². The molecule has 0 radical (unpaired) electrons. The van der Waals surface area contributed by atoms with Crippen LogP contribution in [0.4, 0.5) is 14.5 Å². The lowest BCUT2D eigenvalue weighted by atomic mass is 9.88. The van der Waals surface area contributed by atoms with Crippen molar-refractivity contribution in [3.05, 3.63) is 78.4 Å². The molecule has 1 fully saturated rings. The van der Waals surface area contributed by atoms with Crippen molar-refractivity contribution in [2.45, 2.75) is 12.0 Å². The molecule has 1 atom stereocenters. The molecule has 0 bridgehead atoms. The molecule has 3 aromatic rings. The Morgan fingerprint density at radius 3 is 2.20 bits per heavy atom. The van der Waals surface area contributed by atoms with Gasteiger partial charge in [0.05, 0.1) is 19.9 Å². The number of methoxy groups -OCH3 is 2. The van der Waals surface area contributed by atoms with Crippen molar-refractivity contribution in [1.29, 1.82) is 0 Å². The number of alkyl halides is 2. The van der Waals surface area contributed by atoms with Gasteiger partial charge in [0.2, 0.25) is 0 Å². The first-order valence-electron chi connectivity index (χ1n) is 9.22. The quantitative estimate of drug-likeness (QED) is 0.522. The normalized spacial score (nSPS) is 17.3. The lowest BCUT2D eigenvalue weighted by Crippen LogP contribution is -2.64. The second-order valence-corrected chi connectivity index (χ2v) is 6.70. The molecule has 1 aliphatic rings. The second kappa shape index (κ2) is 7.67. The van der Waals surface area contributed by atoms with Crippen LogP contribution in [-0.2, 0) is 4.79 Å². The van der Waals surface area contributed by atoms with E-state index in [-0.39, 0.29) is 11.3 Å². The minimum Gasteiger partial charge on any atom is -0.493 e. The van der Waals surface area contributed by atoms with E-state index in [9.17, 15) is 13.6 Å². The largest absolute Gasteiger partial charge is 0.493 e. The van der Waals surface area contributed by atoms with E-state index in [4.69, 9.17) is 14.2 Å². The molecule has 30 heavy (non-hydrogen) atoms. The van der Waals surface area contributed by atoms with E-state index in [2.05, 4.69) is 0 Å². The summed E-state index contributed by atoms with van der Waals surface area (Å²) in [6, 6.07) is 18.5. The second-order valence-electron chi connectivity index (χ2n) is 6.70. The molecule has 0 saturated carbocycles. The van der Waals surface area contributed by atoms with Crippen molar-refractivity contribution in [2.75, 3.05) is 19.1 Å². The average molecular weight is 411 g/mol. The molecule has 7 heteroatoms. The summed E-state index contributed by atoms with van der Waals surface area (Å²) in [4.78, 5) is 13.5. The molecule has 4 rings (SSSR count). The van der Waals surface area contributed by atoms with E-state index in [0.29, 0.717) is 23.0 Å². The fourth-order valence-electron chi connectivity index (χ4n) is 3.48. The highest BCUT2D eigenvalue weighted by molar-refractivity contribution is 6.08. The molecule has 3 aromatic carbocycles. The fraction of sp³-hybridized carbons (Fsp3) is 0.174. The summed E-state index contributed by atoms with van der Waals surface area (Å²) in [5.41, 5.74) is 0.490. The number of para-hydroxylation sites is 3. The third kappa shape index (κ3) is 3.22. The maximum absolute atomic E-state index is 14.7. The van der Waals surface area contributed by atoms with E-state index in [0.717, 1.165) is 4.90 Å². The SMILES string of the molecule is COc1ccc([C@H]2N(c3ccccc3Oc3ccccc3)C(=O)C2(F)F)cc1OC. The van der Waals surface area contributed by atoms with Gasteiger partial charge in [-0.05, 0) is 42.0 Å². The van der Waals surface area contributed by atoms with E-state index >= 15 is 0 Å². The summed E-state index contributed by atoms with van der Waals surface area (Å²) in [6.07, 6.45) is 0. The van der Waals surface area contributed by atoms with Gasteiger partial charge < -0.3 is 14.2 Å².